The summed E-state index contributed by atoms with van der Waals surface area (Å²) in [7, 11) is 0. The summed E-state index contributed by atoms with van der Waals surface area (Å²) in [6.07, 6.45) is 5.09. The summed E-state index contributed by atoms with van der Waals surface area (Å²) in [5, 5.41) is 0. The SMILES string of the molecule is CC1=C(CCN)CC(C)CC1. The van der Waals surface area contributed by atoms with Crippen LogP contribution in [0.2, 0.25) is 0 Å². The average Bonchev–Trinajstić information content (AvgIpc) is 1.98. The van der Waals surface area contributed by atoms with Crippen molar-refractivity contribution in [2.24, 2.45) is 11.7 Å². The monoisotopic (exact) mass is 153 g/mol. The van der Waals surface area contributed by atoms with E-state index in [0.29, 0.717) is 0 Å². The van der Waals surface area contributed by atoms with E-state index >= 15 is 0 Å². The molecule has 1 rings (SSSR count). The molecule has 0 radical (unpaired) electrons. The normalized spacial score (nSPS) is 25.9. The molecule has 0 fully saturated rings. The van der Waals surface area contributed by atoms with Gasteiger partial charge in [-0.05, 0) is 45.1 Å². The Kier molecular flexibility index (Phi) is 3.13. The molecule has 0 saturated carbocycles. The molecule has 0 aliphatic heterocycles. The van der Waals surface area contributed by atoms with Crippen molar-refractivity contribution >= 4 is 0 Å². The fourth-order valence-corrected chi connectivity index (χ4v) is 1.83. The van der Waals surface area contributed by atoms with Crippen LogP contribution in [0.15, 0.2) is 11.1 Å². The minimum absolute atomic E-state index is 0.819. The van der Waals surface area contributed by atoms with E-state index in [1.807, 2.05) is 0 Å². The van der Waals surface area contributed by atoms with Crippen LogP contribution < -0.4 is 5.73 Å². The molecular weight excluding hydrogens is 134 g/mol. The highest BCUT2D eigenvalue weighted by atomic mass is 14.5. The summed E-state index contributed by atoms with van der Waals surface area (Å²) >= 11 is 0. The van der Waals surface area contributed by atoms with Gasteiger partial charge in [-0.2, -0.15) is 0 Å². The Hall–Kier alpha value is -0.300. The van der Waals surface area contributed by atoms with Crippen LogP contribution in [0.5, 0.6) is 0 Å². The van der Waals surface area contributed by atoms with Gasteiger partial charge in [0.15, 0.2) is 0 Å². The van der Waals surface area contributed by atoms with Crippen molar-refractivity contribution in [2.75, 3.05) is 6.54 Å². The van der Waals surface area contributed by atoms with Crippen LogP contribution in [-0.2, 0) is 0 Å². The van der Waals surface area contributed by atoms with Gasteiger partial charge >= 0.3 is 0 Å². The minimum Gasteiger partial charge on any atom is -0.330 e. The third kappa shape index (κ3) is 2.33. The Bertz CT molecular complexity index is 158. The van der Waals surface area contributed by atoms with Gasteiger partial charge in [-0.15, -0.1) is 0 Å². The van der Waals surface area contributed by atoms with Crippen molar-refractivity contribution in [2.45, 2.75) is 39.5 Å². The quantitative estimate of drug-likeness (QED) is 0.606. The van der Waals surface area contributed by atoms with Crippen molar-refractivity contribution < 1.29 is 0 Å². The maximum Gasteiger partial charge on any atom is -0.00398 e. The van der Waals surface area contributed by atoms with Gasteiger partial charge in [-0.1, -0.05) is 18.1 Å². The molecule has 64 valence electrons. The van der Waals surface area contributed by atoms with Gasteiger partial charge < -0.3 is 5.73 Å². The molecule has 1 aliphatic rings. The van der Waals surface area contributed by atoms with Crippen LogP contribution in [0.25, 0.3) is 0 Å². The number of allylic oxidation sites excluding steroid dienone is 1. The highest BCUT2D eigenvalue weighted by molar-refractivity contribution is 5.15. The van der Waals surface area contributed by atoms with Gasteiger partial charge in [-0.3, -0.25) is 0 Å². The van der Waals surface area contributed by atoms with E-state index in [0.717, 1.165) is 18.9 Å². The van der Waals surface area contributed by atoms with Gasteiger partial charge in [0.1, 0.15) is 0 Å². The first-order chi connectivity index (χ1) is 5.24. The molecule has 1 atom stereocenters. The van der Waals surface area contributed by atoms with Crippen molar-refractivity contribution in [3.05, 3.63) is 11.1 Å². The number of hydrogen-bond acceptors (Lipinski definition) is 1. The van der Waals surface area contributed by atoms with E-state index in [1.54, 1.807) is 11.1 Å². The van der Waals surface area contributed by atoms with Crippen LogP contribution in [0.1, 0.15) is 39.5 Å². The lowest BCUT2D eigenvalue weighted by Crippen LogP contribution is -2.10. The van der Waals surface area contributed by atoms with E-state index in [2.05, 4.69) is 13.8 Å². The van der Waals surface area contributed by atoms with Crippen molar-refractivity contribution in [3.63, 3.8) is 0 Å². The van der Waals surface area contributed by atoms with Gasteiger partial charge in [0.05, 0.1) is 0 Å². The lowest BCUT2D eigenvalue weighted by atomic mass is 9.84. The van der Waals surface area contributed by atoms with Gasteiger partial charge in [0, 0.05) is 0 Å². The molecule has 1 aliphatic carbocycles. The van der Waals surface area contributed by atoms with Crippen LogP contribution >= 0.6 is 0 Å². The lowest BCUT2D eigenvalue weighted by Gasteiger charge is -2.22. The first-order valence-electron chi connectivity index (χ1n) is 4.61. The van der Waals surface area contributed by atoms with E-state index < -0.39 is 0 Å². The maximum absolute atomic E-state index is 5.53. The highest BCUT2D eigenvalue weighted by Gasteiger charge is 2.13. The summed E-state index contributed by atoms with van der Waals surface area (Å²) in [6.45, 7) is 5.42. The van der Waals surface area contributed by atoms with Crippen LogP contribution in [0.3, 0.4) is 0 Å². The highest BCUT2D eigenvalue weighted by Crippen LogP contribution is 2.30. The Labute approximate surface area is 69.7 Å². The van der Waals surface area contributed by atoms with E-state index in [4.69, 9.17) is 5.73 Å². The molecule has 0 saturated heterocycles. The molecule has 11 heavy (non-hydrogen) atoms. The van der Waals surface area contributed by atoms with E-state index in [1.165, 1.54) is 19.3 Å². The molecule has 0 aromatic carbocycles. The van der Waals surface area contributed by atoms with Crippen molar-refractivity contribution in [1.29, 1.82) is 0 Å². The predicted molar refractivity (Wildman–Crippen MR) is 49.4 cm³/mol. The van der Waals surface area contributed by atoms with E-state index in [-0.39, 0.29) is 0 Å². The second kappa shape index (κ2) is 3.91. The molecule has 1 unspecified atom stereocenters. The van der Waals surface area contributed by atoms with Gasteiger partial charge in [-0.25, -0.2) is 0 Å². The third-order valence-electron chi connectivity index (χ3n) is 2.66. The second-order valence-corrected chi connectivity index (χ2v) is 3.77. The second-order valence-electron chi connectivity index (χ2n) is 3.77. The van der Waals surface area contributed by atoms with Crippen LogP contribution in [0, 0.1) is 5.92 Å². The fraction of sp³-hybridized carbons (Fsp3) is 0.800. The van der Waals surface area contributed by atoms with Crippen LogP contribution in [0.4, 0.5) is 0 Å². The summed E-state index contributed by atoms with van der Waals surface area (Å²) < 4.78 is 0. The fourth-order valence-electron chi connectivity index (χ4n) is 1.83. The first-order valence-corrected chi connectivity index (χ1v) is 4.61. The summed E-state index contributed by atoms with van der Waals surface area (Å²) in [6, 6.07) is 0. The van der Waals surface area contributed by atoms with Gasteiger partial charge in [0.2, 0.25) is 0 Å². The molecule has 0 heterocycles. The largest absolute Gasteiger partial charge is 0.330 e. The zero-order valence-electron chi connectivity index (χ0n) is 7.69. The van der Waals surface area contributed by atoms with Crippen molar-refractivity contribution in [3.8, 4) is 0 Å². The summed E-state index contributed by atoms with van der Waals surface area (Å²) in [4.78, 5) is 0. The van der Waals surface area contributed by atoms with Gasteiger partial charge in [0.25, 0.3) is 0 Å². The Morgan fingerprint density at radius 1 is 1.55 bits per heavy atom. The third-order valence-corrected chi connectivity index (χ3v) is 2.66. The Morgan fingerprint density at radius 2 is 2.27 bits per heavy atom. The number of rotatable bonds is 2. The average molecular weight is 153 g/mol. The Balaban J connectivity index is 2.56. The molecule has 1 heteroatoms. The molecule has 1 nitrogen and oxygen atoms in total. The zero-order chi connectivity index (χ0) is 8.27. The molecule has 0 spiro atoms. The topological polar surface area (TPSA) is 26.0 Å². The molecule has 2 N–H and O–H groups in total. The minimum atomic E-state index is 0.819. The molecule has 0 aromatic heterocycles. The predicted octanol–water partition coefficient (Wildman–Crippen LogP) is 2.47. The van der Waals surface area contributed by atoms with E-state index in [9.17, 15) is 0 Å². The standard InChI is InChI=1S/C10H19N/c1-8-3-4-9(2)10(7-8)5-6-11/h8H,3-7,11H2,1-2H3. The first kappa shape index (κ1) is 8.79. The number of hydrogen-bond donors (Lipinski definition) is 1. The van der Waals surface area contributed by atoms with Crippen LogP contribution in [-0.4, -0.2) is 6.54 Å². The molecule has 0 aromatic rings. The number of nitrogens with two attached hydrogens (primary N) is 1. The molecule has 0 bridgehead atoms. The zero-order valence-corrected chi connectivity index (χ0v) is 7.69. The van der Waals surface area contributed by atoms with Crippen molar-refractivity contribution in [1.82, 2.24) is 0 Å². The summed E-state index contributed by atoms with van der Waals surface area (Å²) in [5.74, 6) is 0.889. The molecular formula is C10H19N. The smallest absolute Gasteiger partial charge is 0.00398 e. The Morgan fingerprint density at radius 3 is 2.91 bits per heavy atom. The molecule has 0 amide bonds. The maximum atomic E-state index is 5.53. The summed E-state index contributed by atoms with van der Waals surface area (Å²) in [5.41, 5.74) is 8.77. The lowest BCUT2D eigenvalue weighted by molar-refractivity contribution is 0.486.